The van der Waals surface area contributed by atoms with E-state index in [-0.39, 0.29) is 37.0 Å². The van der Waals surface area contributed by atoms with Gasteiger partial charge in [0.1, 0.15) is 0 Å². The Morgan fingerprint density at radius 1 is 1.42 bits per heavy atom. The molecule has 0 aliphatic rings. The first-order valence-electron chi connectivity index (χ1n) is 3.56. The van der Waals surface area contributed by atoms with Crippen LogP contribution in [0.5, 0.6) is 0 Å². The molecular formula is C9H11NaO2. The average molecular weight is 174 g/mol. The van der Waals surface area contributed by atoms with Crippen LogP contribution in [0.15, 0.2) is 30.3 Å². The summed E-state index contributed by atoms with van der Waals surface area (Å²) >= 11 is 0. The summed E-state index contributed by atoms with van der Waals surface area (Å²) in [6, 6.07) is 8.96. The van der Waals surface area contributed by atoms with E-state index >= 15 is 0 Å². The average Bonchev–Trinajstić information content (AvgIpc) is 2.07. The maximum Gasteiger partial charge on any atom is 1.00 e. The van der Waals surface area contributed by atoms with Crippen LogP contribution in [0.25, 0.3) is 0 Å². The fourth-order valence-electron chi connectivity index (χ4n) is 0.789. The molecule has 0 bridgehead atoms. The molecule has 0 heterocycles. The fourth-order valence-corrected chi connectivity index (χ4v) is 0.789. The van der Waals surface area contributed by atoms with Gasteiger partial charge in [-0.15, -0.1) is 0 Å². The van der Waals surface area contributed by atoms with E-state index in [0.717, 1.165) is 0 Å². The monoisotopic (exact) mass is 174 g/mol. The van der Waals surface area contributed by atoms with Gasteiger partial charge in [0.05, 0.1) is 12.2 Å². The number of rotatable bonds is 2. The normalized spacial score (nSPS) is 8.42. The molecule has 0 unspecified atom stereocenters. The third-order valence-corrected chi connectivity index (χ3v) is 1.28. The molecule has 0 N–H and O–H groups in total. The number of benzene rings is 1. The predicted octanol–water partition coefficient (Wildman–Crippen LogP) is -1.02. The molecule has 0 amide bonds. The van der Waals surface area contributed by atoms with Gasteiger partial charge in [0.25, 0.3) is 0 Å². The first-order valence-corrected chi connectivity index (χ1v) is 3.56. The van der Waals surface area contributed by atoms with Crippen LogP contribution in [-0.4, -0.2) is 12.6 Å². The number of hydrogen-bond acceptors (Lipinski definition) is 2. The third-order valence-electron chi connectivity index (χ3n) is 1.28. The van der Waals surface area contributed by atoms with Gasteiger partial charge in [-0.2, -0.15) is 0 Å². The summed E-state index contributed by atoms with van der Waals surface area (Å²) < 4.78 is 4.79. The Morgan fingerprint density at radius 2 is 2.00 bits per heavy atom. The molecule has 0 fully saturated rings. The van der Waals surface area contributed by atoms with E-state index in [2.05, 4.69) is 0 Å². The zero-order valence-corrected chi connectivity index (χ0v) is 9.41. The van der Waals surface area contributed by atoms with Gasteiger partial charge in [0, 0.05) is 0 Å². The topological polar surface area (TPSA) is 26.3 Å². The van der Waals surface area contributed by atoms with Gasteiger partial charge in [-0.1, -0.05) is 18.2 Å². The van der Waals surface area contributed by atoms with Gasteiger partial charge in [-0.25, -0.2) is 4.79 Å². The van der Waals surface area contributed by atoms with Gasteiger partial charge in [0.15, 0.2) is 0 Å². The van der Waals surface area contributed by atoms with Crippen molar-refractivity contribution in [2.45, 2.75) is 6.92 Å². The molecule has 1 aromatic carbocycles. The van der Waals surface area contributed by atoms with E-state index in [9.17, 15) is 4.79 Å². The van der Waals surface area contributed by atoms with Gasteiger partial charge < -0.3 is 6.16 Å². The molecule has 1 rings (SSSR count). The molecule has 0 saturated heterocycles. The van der Waals surface area contributed by atoms with Crippen LogP contribution >= 0.6 is 0 Å². The molecule has 3 heteroatoms. The second-order valence-electron chi connectivity index (χ2n) is 2.09. The molecule has 0 saturated carbocycles. The summed E-state index contributed by atoms with van der Waals surface area (Å²) in [7, 11) is 0. The van der Waals surface area contributed by atoms with Gasteiger partial charge in [-0.05, 0) is 19.1 Å². The van der Waals surface area contributed by atoms with Gasteiger partial charge >= 0.3 is 35.5 Å². The van der Waals surface area contributed by atoms with Gasteiger partial charge in [-0.3, -0.25) is 0 Å². The van der Waals surface area contributed by atoms with Crippen molar-refractivity contribution in [3.8, 4) is 0 Å². The number of carbonyl (C=O) groups excluding carboxylic acids is 1. The summed E-state index contributed by atoms with van der Waals surface area (Å²) in [5.41, 5.74) is 0.606. The molecule has 0 aliphatic heterocycles. The van der Waals surface area contributed by atoms with Gasteiger partial charge in [0.2, 0.25) is 0 Å². The molecule has 0 aromatic heterocycles. The van der Waals surface area contributed by atoms with Crippen molar-refractivity contribution in [3.05, 3.63) is 35.9 Å². The second-order valence-corrected chi connectivity index (χ2v) is 2.09. The maximum absolute atomic E-state index is 11.0. The van der Waals surface area contributed by atoms with Crippen molar-refractivity contribution in [1.29, 1.82) is 0 Å². The Morgan fingerprint density at radius 3 is 2.50 bits per heavy atom. The Labute approximate surface area is 95.7 Å². The van der Waals surface area contributed by atoms with Crippen LogP contribution in [0.4, 0.5) is 0 Å². The number of hydrogen-bond donors (Lipinski definition) is 0. The Bertz CT molecular complexity index is 239. The molecule has 60 valence electrons. The first kappa shape index (κ1) is 11.7. The smallest absolute Gasteiger partial charge is 1.00 e. The standard InChI is InChI=1S/C9H10O2.Na.H/c1-2-11-9(10)8-6-4-3-5-7-8;;/h3-7H,2H2,1H3;;/q;+1;-1. The van der Waals surface area contributed by atoms with E-state index in [1.165, 1.54) is 0 Å². The summed E-state index contributed by atoms with van der Waals surface area (Å²) in [5, 5.41) is 0. The summed E-state index contributed by atoms with van der Waals surface area (Å²) in [4.78, 5) is 11.0. The van der Waals surface area contributed by atoms with E-state index in [1.54, 1.807) is 19.1 Å². The van der Waals surface area contributed by atoms with Crippen LogP contribution in [0.2, 0.25) is 0 Å². The van der Waals surface area contributed by atoms with Crippen molar-refractivity contribution in [1.82, 2.24) is 0 Å². The molecule has 2 nitrogen and oxygen atoms in total. The first-order chi connectivity index (χ1) is 5.34. The Hall–Kier alpha value is -0.310. The van der Waals surface area contributed by atoms with E-state index in [4.69, 9.17) is 4.74 Å². The van der Waals surface area contributed by atoms with Crippen LogP contribution in [0, 0.1) is 0 Å². The van der Waals surface area contributed by atoms with Crippen molar-refractivity contribution in [2.75, 3.05) is 6.61 Å². The van der Waals surface area contributed by atoms with E-state index < -0.39 is 0 Å². The summed E-state index contributed by atoms with van der Waals surface area (Å²) in [6.45, 7) is 2.22. The molecule has 0 aliphatic carbocycles. The maximum atomic E-state index is 11.0. The zero-order chi connectivity index (χ0) is 8.10. The largest absolute Gasteiger partial charge is 1.00 e. The van der Waals surface area contributed by atoms with Crippen LogP contribution in [0.3, 0.4) is 0 Å². The minimum Gasteiger partial charge on any atom is -1.00 e. The Kier molecular flexibility index (Phi) is 6.07. The molecule has 0 spiro atoms. The van der Waals surface area contributed by atoms with Crippen LogP contribution in [-0.2, 0) is 4.74 Å². The summed E-state index contributed by atoms with van der Waals surface area (Å²) in [5.74, 6) is -0.256. The SMILES string of the molecule is CCOC(=O)c1ccccc1.[H-].[Na+]. The van der Waals surface area contributed by atoms with Crippen molar-refractivity contribution in [3.63, 3.8) is 0 Å². The zero-order valence-electron chi connectivity index (χ0n) is 8.41. The predicted molar refractivity (Wildman–Crippen MR) is 43.5 cm³/mol. The molecule has 0 radical (unpaired) electrons. The number of ether oxygens (including phenoxy) is 1. The number of esters is 1. The van der Waals surface area contributed by atoms with Crippen LogP contribution < -0.4 is 29.6 Å². The van der Waals surface area contributed by atoms with Crippen LogP contribution in [0.1, 0.15) is 18.7 Å². The van der Waals surface area contributed by atoms with Crippen molar-refractivity contribution >= 4 is 5.97 Å². The quantitative estimate of drug-likeness (QED) is 0.424. The minimum atomic E-state index is -0.256. The molecule has 0 atom stereocenters. The van der Waals surface area contributed by atoms with E-state index in [0.29, 0.717) is 12.2 Å². The number of carbonyl (C=O) groups is 1. The van der Waals surface area contributed by atoms with Crippen molar-refractivity contribution < 1.29 is 40.5 Å². The molecular weight excluding hydrogens is 163 g/mol. The summed E-state index contributed by atoms with van der Waals surface area (Å²) in [6.07, 6.45) is 0. The second kappa shape index (κ2) is 6.23. The third kappa shape index (κ3) is 3.39. The Balaban J connectivity index is 0. The molecule has 12 heavy (non-hydrogen) atoms. The van der Waals surface area contributed by atoms with E-state index in [1.807, 2.05) is 18.2 Å². The fraction of sp³-hybridized carbons (Fsp3) is 0.222. The van der Waals surface area contributed by atoms with Crippen molar-refractivity contribution in [2.24, 2.45) is 0 Å². The molecule has 1 aromatic rings. The minimum absolute atomic E-state index is 0.